The topological polar surface area (TPSA) is 106 Å². The van der Waals surface area contributed by atoms with Gasteiger partial charge < -0.3 is 34.5 Å². The van der Waals surface area contributed by atoms with Crippen molar-refractivity contribution in [3.05, 3.63) is 89.0 Å². The van der Waals surface area contributed by atoms with E-state index in [0.29, 0.717) is 49.8 Å². The van der Waals surface area contributed by atoms with Crippen LogP contribution in [0, 0.1) is 0 Å². The fourth-order valence-electron chi connectivity index (χ4n) is 3.87. The smallest absolute Gasteiger partial charge is 0.308 e. The number of hydrogen-bond donors (Lipinski definition) is 3. The van der Waals surface area contributed by atoms with Gasteiger partial charge in [-0.15, -0.1) is 0 Å². The summed E-state index contributed by atoms with van der Waals surface area (Å²) in [4.78, 5) is 11.2. The molecule has 0 bridgehead atoms. The number of nitrogens with one attached hydrogen (secondary N) is 1. The van der Waals surface area contributed by atoms with E-state index in [9.17, 15) is 15.0 Å². The maximum atomic E-state index is 11.2. The van der Waals surface area contributed by atoms with Crippen molar-refractivity contribution in [1.82, 2.24) is 5.32 Å². The molecule has 0 saturated heterocycles. The lowest BCUT2D eigenvalue weighted by Gasteiger charge is -2.15. The van der Waals surface area contributed by atoms with Crippen molar-refractivity contribution in [3.63, 3.8) is 0 Å². The average Bonchev–Trinajstić information content (AvgIpc) is 2.92. The number of rotatable bonds is 16. The SMILES string of the molecule is CC(=O)Oc1ccc(C(O)CNCCc2ccc(OCCOCc3ccc(OC(C)C)cc3)cc2)cc1CO. The Balaban J connectivity index is 1.31. The van der Waals surface area contributed by atoms with E-state index in [-0.39, 0.29) is 12.7 Å². The van der Waals surface area contributed by atoms with E-state index in [0.717, 1.165) is 29.0 Å². The van der Waals surface area contributed by atoms with Crippen molar-refractivity contribution in [2.24, 2.45) is 0 Å². The Bertz CT molecular complexity index is 1150. The monoisotopic (exact) mass is 537 g/mol. The molecule has 39 heavy (non-hydrogen) atoms. The number of carbonyl (C=O) groups excluding carboxylic acids is 1. The molecule has 0 radical (unpaired) electrons. The Hall–Kier alpha value is -3.43. The van der Waals surface area contributed by atoms with Crippen LogP contribution in [0.25, 0.3) is 0 Å². The van der Waals surface area contributed by atoms with Gasteiger partial charge in [0.15, 0.2) is 0 Å². The summed E-state index contributed by atoms with van der Waals surface area (Å²) in [5.74, 6) is 1.49. The summed E-state index contributed by atoms with van der Waals surface area (Å²) in [7, 11) is 0. The molecule has 1 unspecified atom stereocenters. The molecule has 210 valence electrons. The van der Waals surface area contributed by atoms with Crippen LogP contribution in [0.2, 0.25) is 0 Å². The van der Waals surface area contributed by atoms with E-state index < -0.39 is 12.1 Å². The zero-order valence-corrected chi connectivity index (χ0v) is 22.9. The molecule has 0 heterocycles. The lowest BCUT2D eigenvalue weighted by atomic mass is 10.0. The van der Waals surface area contributed by atoms with Gasteiger partial charge >= 0.3 is 5.97 Å². The van der Waals surface area contributed by atoms with Crippen molar-refractivity contribution >= 4 is 5.97 Å². The van der Waals surface area contributed by atoms with E-state index >= 15 is 0 Å². The van der Waals surface area contributed by atoms with Crippen molar-refractivity contribution in [3.8, 4) is 17.2 Å². The van der Waals surface area contributed by atoms with Gasteiger partial charge in [0.25, 0.3) is 0 Å². The van der Waals surface area contributed by atoms with Gasteiger partial charge in [-0.2, -0.15) is 0 Å². The van der Waals surface area contributed by atoms with Crippen LogP contribution in [-0.2, 0) is 29.2 Å². The summed E-state index contributed by atoms with van der Waals surface area (Å²) in [5, 5.41) is 23.3. The number of aliphatic hydroxyl groups is 2. The van der Waals surface area contributed by atoms with Gasteiger partial charge in [-0.1, -0.05) is 30.3 Å². The minimum absolute atomic E-state index is 0.156. The first-order valence-electron chi connectivity index (χ1n) is 13.2. The maximum absolute atomic E-state index is 11.2. The Morgan fingerprint density at radius 1 is 0.923 bits per heavy atom. The third kappa shape index (κ3) is 10.7. The normalized spacial score (nSPS) is 11.8. The zero-order chi connectivity index (χ0) is 28.0. The summed E-state index contributed by atoms with van der Waals surface area (Å²) in [6, 6.07) is 20.8. The first-order valence-corrected chi connectivity index (χ1v) is 13.2. The van der Waals surface area contributed by atoms with Crippen molar-refractivity contribution in [1.29, 1.82) is 0 Å². The highest BCUT2D eigenvalue weighted by Crippen LogP contribution is 2.24. The number of aliphatic hydroxyl groups excluding tert-OH is 2. The summed E-state index contributed by atoms with van der Waals surface area (Å²) < 4.78 is 22.2. The van der Waals surface area contributed by atoms with Crippen LogP contribution < -0.4 is 19.5 Å². The fourth-order valence-corrected chi connectivity index (χ4v) is 3.87. The Morgan fingerprint density at radius 3 is 2.28 bits per heavy atom. The van der Waals surface area contributed by atoms with E-state index in [2.05, 4.69) is 5.32 Å². The lowest BCUT2D eigenvalue weighted by molar-refractivity contribution is -0.131. The van der Waals surface area contributed by atoms with E-state index in [1.165, 1.54) is 6.92 Å². The highest BCUT2D eigenvalue weighted by Gasteiger charge is 2.12. The first-order chi connectivity index (χ1) is 18.8. The van der Waals surface area contributed by atoms with Crippen LogP contribution in [0.15, 0.2) is 66.7 Å². The molecule has 3 rings (SSSR count). The van der Waals surface area contributed by atoms with Gasteiger partial charge in [-0.25, -0.2) is 0 Å². The van der Waals surface area contributed by atoms with Crippen LogP contribution in [-0.4, -0.2) is 48.6 Å². The third-order valence-electron chi connectivity index (χ3n) is 5.81. The summed E-state index contributed by atoms with van der Waals surface area (Å²) in [6.45, 7) is 7.55. The fraction of sp³-hybridized carbons (Fsp3) is 0.387. The van der Waals surface area contributed by atoms with Gasteiger partial charge in [-0.05, 0) is 79.9 Å². The molecule has 8 nitrogen and oxygen atoms in total. The number of carbonyl (C=O) groups is 1. The molecular weight excluding hydrogens is 498 g/mol. The molecule has 8 heteroatoms. The standard InChI is InChI=1S/C31H39NO7/c1-22(2)38-29-11-6-25(7-12-29)21-36-16-17-37-28-9-4-24(5-10-28)14-15-32-19-30(35)26-8-13-31(39-23(3)34)27(18-26)20-33/h4-13,18,22,30,32-33,35H,14-17,19-21H2,1-3H3. The van der Waals surface area contributed by atoms with Gasteiger partial charge in [0.1, 0.15) is 23.9 Å². The maximum Gasteiger partial charge on any atom is 0.308 e. The average molecular weight is 538 g/mol. The molecule has 0 aromatic heterocycles. The van der Waals surface area contributed by atoms with Crippen molar-refractivity contribution < 1.29 is 34.0 Å². The second kappa shape index (κ2) is 15.9. The van der Waals surface area contributed by atoms with E-state index in [1.54, 1.807) is 18.2 Å². The number of esters is 1. The van der Waals surface area contributed by atoms with Crippen LogP contribution in [0.5, 0.6) is 17.2 Å². The van der Waals surface area contributed by atoms with Crippen LogP contribution in [0.1, 0.15) is 49.1 Å². The van der Waals surface area contributed by atoms with E-state index in [1.807, 2.05) is 62.4 Å². The van der Waals surface area contributed by atoms with Crippen molar-refractivity contribution in [2.75, 3.05) is 26.3 Å². The Labute approximate surface area is 230 Å². The summed E-state index contributed by atoms with van der Waals surface area (Å²) >= 11 is 0. The Kier molecular flexibility index (Phi) is 12.2. The molecule has 0 fully saturated rings. The molecule has 3 aromatic rings. The molecule has 0 aliphatic carbocycles. The zero-order valence-electron chi connectivity index (χ0n) is 22.9. The number of hydrogen-bond acceptors (Lipinski definition) is 8. The minimum Gasteiger partial charge on any atom is -0.491 e. The number of benzene rings is 3. The molecule has 1 atom stereocenters. The predicted molar refractivity (Wildman–Crippen MR) is 149 cm³/mol. The van der Waals surface area contributed by atoms with Crippen LogP contribution >= 0.6 is 0 Å². The first kappa shape index (κ1) is 30.1. The van der Waals surface area contributed by atoms with Gasteiger partial charge in [0.05, 0.1) is 32.0 Å². The van der Waals surface area contributed by atoms with Crippen molar-refractivity contribution in [2.45, 2.75) is 52.6 Å². The third-order valence-corrected chi connectivity index (χ3v) is 5.81. The van der Waals surface area contributed by atoms with Gasteiger partial charge in [0, 0.05) is 19.0 Å². The second-order valence-electron chi connectivity index (χ2n) is 9.44. The highest BCUT2D eigenvalue weighted by molar-refractivity contribution is 5.69. The molecule has 0 saturated carbocycles. The minimum atomic E-state index is -0.752. The quantitative estimate of drug-likeness (QED) is 0.141. The molecule has 0 amide bonds. The number of ether oxygens (including phenoxy) is 4. The predicted octanol–water partition coefficient (Wildman–Crippen LogP) is 4.35. The van der Waals surface area contributed by atoms with Gasteiger partial charge in [-0.3, -0.25) is 4.79 Å². The highest BCUT2D eigenvalue weighted by atomic mass is 16.5. The molecular formula is C31H39NO7. The van der Waals surface area contributed by atoms with Crippen LogP contribution in [0.3, 0.4) is 0 Å². The summed E-state index contributed by atoms with van der Waals surface area (Å²) in [5.41, 5.74) is 3.34. The molecule has 3 aromatic carbocycles. The Morgan fingerprint density at radius 2 is 1.62 bits per heavy atom. The molecule has 0 aliphatic heterocycles. The summed E-state index contributed by atoms with van der Waals surface area (Å²) in [6.07, 6.45) is 0.200. The largest absolute Gasteiger partial charge is 0.491 e. The van der Waals surface area contributed by atoms with Gasteiger partial charge in [0.2, 0.25) is 0 Å². The lowest BCUT2D eigenvalue weighted by Crippen LogP contribution is -2.24. The molecule has 0 aliphatic rings. The molecule has 0 spiro atoms. The second-order valence-corrected chi connectivity index (χ2v) is 9.44. The van der Waals surface area contributed by atoms with Crippen LogP contribution in [0.4, 0.5) is 0 Å². The molecule has 3 N–H and O–H groups in total. The van der Waals surface area contributed by atoms with E-state index in [4.69, 9.17) is 18.9 Å².